The molecule has 1 N–H and O–H groups in total. The van der Waals surface area contributed by atoms with Gasteiger partial charge in [-0.25, -0.2) is 8.42 Å². The van der Waals surface area contributed by atoms with E-state index in [-0.39, 0.29) is 10.8 Å². The van der Waals surface area contributed by atoms with Crippen molar-refractivity contribution in [3.63, 3.8) is 0 Å². The van der Waals surface area contributed by atoms with Gasteiger partial charge in [0, 0.05) is 23.5 Å². The van der Waals surface area contributed by atoms with Crippen molar-refractivity contribution in [1.29, 1.82) is 0 Å². The van der Waals surface area contributed by atoms with Gasteiger partial charge in [-0.15, -0.1) is 0 Å². The topological polar surface area (TPSA) is 66.5 Å². The molecule has 0 saturated carbocycles. The molecule has 0 saturated heterocycles. The van der Waals surface area contributed by atoms with Crippen LogP contribution in [0.2, 0.25) is 0 Å². The minimum atomic E-state index is -3.65. The lowest BCUT2D eigenvalue weighted by molar-refractivity contribution is 0.0989. The lowest BCUT2D eigenvalue weighted by atomic mass is 10.1. The minimum Gasteiger partial charge on any atom is -0.308 e. The average Bonchev–Trinajstić information content (AvgIpc) is 3.11. The Kier molecular flexibility index (Phi) is 4.65. The molecule has 1 heterocycles. The molecule has 28 heavy (non-hydrogen) atoms. The van der Waals surface area contributed by atoms with Crippen LogP contribution in [0.5, 0.6) is 0 Å². The van der Waals surface area contributed by atoms with E-state index in [0.717, 1.165) is 16.8 Å². The third-order valence-corrected chi connectivity index (χ3v) is 6.22. The molecule has 0 spiro atoms. The van der Waals surface area contributed by atoms with Crippen LogP contribution in [-0.4, -0.2) is 20.9 Å². The van der Waals surface area contributed by atoms with Crippen LogP contribution < -0.4 is 9.62 Å². The second-order valence-corrected chi connectivity index (χ2v) is 8.52. The van der Waals surface area contributed by atoms with Gasteiger partial charge in [-0.2, -0.15) is 0 Å². The Morgan fingerprint density at radius 3 is 2.39 bits per heavy atom. The van der Waals surface area contributed by atoms with Gasteiger partial charge in [0.15, 0.2) is 0 Å². The van der Waals surface area contributed by atoms with E-state index < -0.39 is 10.0 Å². The summed E-state index contributed by atoms with van der Waals surface area (Å²) in [6.45, 7) is 2.49. The predicted molar refractivity (Wildman–Crippen MR) is 110 cm³/mol. The molecular formula is C22H20N2O3S. The fourth-order valence-corrected chi connectivity index (χ4v) is 4.39. The van der Waals surface area contributed by atoms with Crippen molar-refractivity contribution in [1.82, 2.24) is 0 Å². The van der Waals surface area contributed by atoms with Gasteiger partial charge in [0.25, 0.3) is 15.9 Å². The van der Waals surface area contributed by atoms with E-state index in [1.54, 1.807) is 59.5 Å². The maximum atomic E-state index is 12.8. The molecule has 1 aliphatic heterocycles. The van der Waals surface area contributed by atoms with Gasteiger partial charge in [0.2, 0.25) is 0 Å². The molecule has 3 aromatic rings. The zero-order valence-corrected chi connectivity index (χ0v) is 16.2. The molecule has 0 unspecified atom stereocenters. The summed E-state index contributed by atoms with van der Waals surface area (Å²) >= 11 is 0. The molecule has 5 nitrogen and oxygen atoms in total. The Morgan fingerprint density at radius 1 is 0.964 bits per heavy atom. The number of nitrogens with zero attached hydrogens (tertiary/aromatic N) is 1. The maximum absolute atomic E-state index is 12.8. The normalized spacial score (nSPS) is 13.2. The summed E-state index contributed by atoms with van der Waals surface area (Å²) in [6.07, 6.45) is 0.688. The molecule has 0 bridgehead atoms. The zero-order chi connectivity index (χ0) is 19.7. The highest BCUT2D eigenvalue weighted by Gasteiger charge is 2.26. The number of amides is 1. The number of carbonyl (C=O) groups is 1. The van der Waals surface area contributed by atoms with Crippen molar-refractivity contribution in [2.45, 2.75) is 18.2 Å². The van der Waals surface area contributed by atoms with Crippen molar-refractivity contribution in [2.24, 2.45) is 0 Å². The average molecular weight is 392 g/mol. The Balaban J connectivity index is 1.57. The second kappa shape index (κ2) is 7.13. The van der Waals surface area contributed by atoms with Crippen LogP contribution in [0.25, 0.3) is 0 Å². The first-order chi connectivity index (χ1) is 13.4. The molecule has 0 radical (unpaired) electrons. The van der Waals surface area contributed by atoms with E-state index in [4.69, 9.17) is 0 Å². The van der Waals surface area contributed by atoms with Gasteiger partial charge in [0.1, 0.15) is 0 Å². The predicted octanol–water partition coefficient (Wildman–Crippen LogP) is 4.00. The van der Waals surface area contributed by atoms with Gasteiger partial charge in [-0.3, -0.25) is 9.52 Å². The highest BCUT2D eigenvalue weighted by molar-refractivity contribution is 7.92. The van der Waals surface area contributed by atoms with E-state index in [0.29, 0.717) is 24.2 Å². The van der Waals surface area contributed by atoms with Crippen LogP contribution >= 0.6 is 0 Å². The number of aryl methyl sites for hydroxylation is 1. The van der Waals surface area contributed by atoms with Crippen LogP contribution in [0.15, 0.2) is 77.7 Å². The monoisotopic (exact) mass is 392 g/mol. The van der Waals surface area contributed by atoms with E-state index in [1.807, 2.05) is 25.1 Å². The number of sulfonamides is 1. The Hall–Kier alpha value is -3.12. The maximum Gasteiger partial charge on any atom is 0.261 e. The molecule has 1 aliphatic rings. The fraction of sp³-hybridized carbons (Fsp3) is 0.136. The first kappa shape index (κ1) is 18.3. The Labute approximate surface area is 164 Å². The van der Waals surface area contributed by atoms with E-state index in [2.05, 4.69) is 4.72 Å². The summed E-state index contributed by atoms with van der Waals surface area (Å²) in [6, 6.07) is 21.2. The summed E-state index contributed by atoms with van der Waals surface area (Å²) in [5.41, 5.74) is 3.91. The van der Waals surface area contributed by atoms with Gasteiger partial charge in [-0.1, -0.05) is 35.9 Å². The number of hydrogen-bond acceptors (Lipinski definition) is 3. The van der Waals surface area contributed by atoms with E-state index >= 15 is 0 Å². The van der Waals surface area contributed by atoms with E-state index in [9.17, 15) is 13.2 Å². The molecular weight excluding hydrogens is 372 g/mol. The number of rotatable bonds is 4. The summed E-state index contributed by atoms with van der Waals surface area (Å²) < 4.78 is 27.8. The molecule has 4 rings (SSSR count). The minimum absolute atomic E-state index is 0.0488. The number of fused-ring (bicyclic) bond motifs is 1. The van der Waals surface area contributed by atoms with Crippen molar-refractivity contribution < 1.29 is 13.2 Å². The highest BCUT2D eigenvalue weighted by Crippen LogP contribution is 2.32. The van der Waals surface area contributed by atoms with Crippen LogP contribution in [-0.2, 0) is 16.4 Å². The Morgan fingerprint density at radius 2 is 1.68 bits per heavy atom. The molecule has 0 fully saturated rings. The molecule has 1 amide bonds. The second-order valence-electron chi connectivity index (χ2n) is 6.83. The third-order valence-electron chi connectivity index (χ3n) is 4.82. The molecule has 0 aromatic heterocycles. The van der Waals surface area contributed by atoms with Crippen molar-refractivity contribution in [3.8, 4) is 0 Å². The molecule has 142 valence electrons. The smallest absolute Gasteiger partial charge is 0.261 e. The van der Waals surface area contributed by atoms with Gasteiger partial charge < -0.3 is 4.90 Å². The van der Waals surface area contributed by atoms with Crippen LogP contribution in [0.4, 0.5) is 11.4 Å². The highest BCUT2D eigenvalue weighted by atomic mass is 32.2. The first-order valence-electron chi connectivity index (χ1n) is 9.03. The number of hydrogen-bond donors (Lipinski definition) is 1. The lowest BCUT2D eigenvalue weighted by Crippen LogP contribution is -2.28. The lowest BCUT2D eigenvalue weighted by Gasteiger charge is -2.18. The molecule has 6 heteroatoms. The molecule has 3 aromatic carbocycles. The number of anilines is 2. The van der Waals surface area contributed by atoms with Crippen LogP contribution in [0, 0.1) is 6.92 Å². The van der Waals surface area contributed by atoms with Crippen molar-refractivity contribution in [3.05, 3.63) is 89.5 Å². The largest absolute Gasteiger partial charge is 0.308 e. The standard InChI is InChI=1S/C22H20N2O3S/c1-16-7-10-20(11-8-16)28(26,27)23-19-9-12-21-18(15-19)13-14-24(21)22(25)17-5-3-2-4-6-17/h2-12,15,23H,13-14H2,1H3. The third kappa shape index (κ3) is 3.51. The van der Waals surface area contributed by atoms with Crippen LogP contribution in [0.3, 0.4) is 0 Å². The van der Waals surface area contributed by atoms with Gasteiger partial charge in [-0.05, 0) is 61.4 Å². The van der Waals surface area contributed by atoms with Crippen LogP contribution in [0.1, 0.15) is 21.5 Å². The van der Waals surface area contributed by atoms with E-state index in [1.165, 1.54) is 0 Å². The molecule has 0 aliphatic carbocycles. The fourth-order valence-electron chi connectivity index (χ4n) is 3.34. The Bertz CT molecular complexity index is 1120. The summed E-state index contributed by atoms with van der Waals surface area (Å²) in [4.78, 5) is 14.7. The SMILES string of the molecule is Cc1ccc(S(=O)(=O)Nc2ccc3c(c2)CCN3C(=O)c2ccccc2)cc1. The molecule has 0 atom stereocenters. The first-order valence-corrected chi connectivity index (χ1v) is 10.5. The van der Waals surface area contributed by atoms with Crippen molar-refractivity contribution in [2.75, 3.05) is 16.2 Å². The van der Waals surface area contributed by atoms with Gasteiger partial charge in [0.05, 0.1) is 4.90 Å². The van der Waals surface area contributed by atoms with Gasteiger partial charge >= 0.3 is 0 Å². The summed E-state index contributed by atoms with van der Waals surface area (Å²) in [5, 5.41) is 0. The summed E-state index contributed by atoms with van der Waals surface area (Å²) in [5.74, 6) is -0.0488. The van der Waals surface area contributed by atoms with Crippen molar-refractivity contribution >= 4 is 27.3 Å². The quantitative estimate of drug-likeness (QED) is 0.730. The summed E-state index contributed by atoms with van der Waals surface area (Å²) in [7, 11) is -3.65. The number of benzene rings is 3. The number of nitrogens with one attached hydrogen (secondary N) is 1. The number of carbonyl (C=O) groups excluding carboxylic acids is 1. The zero-order valence-electron chi connectivity index (χ0n) is 15.4.